The molecule has 0 spiro atoms. The number of aliphatic carboxylic acids is 1. The van der Waals surface area contributed by atoms with Crippen molar-refractivity contribution in [3.8, 4) is 0 Å². The Morgan fingerprint density at radius 3 is 2.59 bits per heavy atom. The lowest BCUT2D eigenvalue weighted by molar-refractivity contribution is -0.140. The fraction of sp³-hybridized carbons (Fsp3) is 0.818. The number of likely N-dealkylation sites (tertiary alicyclic amines) is 1. The van der Waals surface area contributed by atoms with Gasteiger partial charge in [0.1, 0.15) is 0 Å². The fourth-order valence-electron chi connectivity index (χ4n) is 2.05. The number of carbonyl (C=O) groups is 2. The number of hydrogen-bond acceptors (Lipinski definition) is 3. The van der Waals surface area contributed by atoms with Crippen LogP contribution in [0.1, 0.15) is 26.7 Å². The van der Waals surface area contributed by atoms with E-state index in [4.69, 9.17) is 9.84 Å². The van der Waals surface area contributed by atoms with Crippen molar-refractivity contribution in [2.75, 3.05) is 20.3 Å². The zero-order chi connectivity index (χ0) is 13.1. The Balaban J connectivity index is 2.61. The molecular weight excluding hydrogens is 224 g/mol. The number of urea groups is 1. The highest BCUT2D eigenvalue weighted by atomic mass is 16.5. The molecule has 0 aromatic carbocycles. The number of carboxylic acid groups (broad SMARTS) is 1. The van der Waals surface area contributed by atoms with E-state index in [1.807, 2.05) is 13.8 Å². The number of carboxylic acids is 1. The Hall–Kier alpha value is -1.30. The van der Waals surface area contributed by atoms with E-state index >= 15 is 0 Å². The van der Waals surface area contributed by atoms with E-state index in [0.717, 1.165) is 12.8 Å². The van der Waals surface area contributed by atoms with Crippen LogP contribution in [0.5, 0.6) is 0 Å². The lowest BCUT2D eigenvalue weighted by Gasteiger charge is -2.32. The molecule has 0 aromatic rings. The first-order valence-corrected chi connectivity index (χ1v) is 5.68. The highest BCUT2D eigenvalue weighted by molar-refractivity contribution is 5.83. The fourth-order valence-corrected chi connectivity index (χ4v) is 2.05. The molecule has 1 unspecified atom stereocenters. The second-order valence-corrected chi connectivity index (χ2v) is 4.86. The minimum absolute atomic E-state index is 0.0324. The van der Waals surface area contributed by atoms with E-state index < -0.39 is 12.0 Å². The van der Waals surface area contributed by atoms with Gasteiger partial charge in [-0.1, -0.05) is 0 Å². The molecule has 1 aliphatic heterocycles. The van der Waals surface area contributed by atoms with E-state index in [1.165, 1.54) is 7.11 Å². The normalized spacial score (nSPS) is 20.1. The average molecular weight is 244 g/mol. The van der Waals surface area contributed by atoms with E-state index in [-0.39, 0.29) is 18.2 Å². The first-order valence-electron chi connectivity index (χ1n) is 5.68. The van der Waals surface area contributed by atoms with Crippen LogP contribution >= 0.6 is 0 Å². The molecule has 0 aliphatic carbocycles. The lowest BCUT2D eigenvalue weighted by atomic mass is 10.0. The van der Waals surface area contributed by atoms with Crippen LogP contribution in [0.2, 0.25) is 0 Å². The number of nitrogens with one attached hydrogen (secondary N) is 1. The molecule has 0 radical (unpaired) electrons. The monoisotopic (exact) mass is 244 g/mol. The minimum atomic E-state index is -1.09. The van der Waals surface area contributed by atoms with Crippen LogP contribution < -0.4 is 5.32 Å². The van der Waals surface area contributed by atoms with Gasteiger partial charge in [-0.15, -0.1) is 0 Å². The molecule has 2 N–H and O–H groups in total. The summed E-state index contributed by atoms with van der Waals surface area (Å²) in [5, 5.41) is 11.4. The number of methoxy groups -OCH3 is 1. The smallest absolute Gasteiger partial charge is 0.328 e. The van der Waals surface area contributed by atoms with Gasteiger partial charge < -0.3 is 20.1 Å². The summed E-state index contributed by atoms with van der Waals surface area (Å²) in [5.41, 5.74) is -0.208. The van der Waals surface area contributed by atoms with Crippen LogP contribution in [0.15, 0.2) is 0 Å². The molecule has 0 bridgehead atoms. The Morgan fingerprint density at radius 2 is 2.18 bits per heavy atom. The van der Waals surface area contributed by atoms with Crippen molar-refractivity contribution in [2.45, 2.75) is 38.3 Å². The van der Waals surface area contributed by atoms with Crippen LogP contribution in [0, 0.1) is 0 Å². The molecule has 1 saturated heterocycles. The molecule has 17 heavy (non-hydrogen) atoms. The molecular formula is C11H20N2O4. The lowest BCUT2D eigenvalue weighted by Crippen LogP contribution is -2.53. The van der Waals surface area contributed by atoms with Gasteiger partial charge in [0.15, 0.2) is 6.04 Å². The molecule has 1 fully saturated rings. The highest BCUT2D eigenvalue weighted by Crippen LogP contribution is 2.27. The minimum Gasteiger partial charge on any atom is -0.480 e. The van der Waals surface area contributed by atoms with Gasteiger partial charge in [-0.05, 0) is 26.7 Å². The third-order valence-electron chi connectivity index (χ3n) is 3.08. The average Bonchev–Trinajstić information content (AvgIpc) is 2.57. The van der Waals surface area contributed by atoms with E-state index in [2.05, 4.69) is 5.32 Å². The van der Waals surface area contributed by atoms with E-state index in [9.17, 15) is 9.59 Å². The quantitative estimate of drug-likeness (QED) is 0.762. The Bertz CT molecular complexity index is 304. The summed E-state index contributed by atoms with van der Waals surface area (Å²) in [7, 11) is 1.40. The van der Waals surface area contributed by atoms with Crippen LogP contribution in [-0.2, 0) is 9.53 Å². The Labute approximate surface area is 101 Å². The van der Waals surface area contributed by atoms with Gasteiger partial charge in [0.2, 0.25) is 0 Å². The number of amides is 2. The summed E-state index contributed by atoms with van der Waals surface area (Å²) in [6, 6.07) is -1.33. The van der Waals surface area contributed by atoms with Gasteiger partial charge >= 0.3 is 12.0 Å². The molecule has 1 rings (SSSR count). The molecule has 6 nitrogen and oxygen atoms in total. The predicted octanol–water partition coefficient (Wildman–Crippen LogP) is 0.670. The van der Waals surface area contributed by atoms with Crippen LogP contribution in [-0.4, -0.2) is 53.8 Å². The largest absolute Gasteiger partial charge is 0.480 e. The number of hydrogen-bond donors (Lipinski definition) is 2. The number of ether oxygens (including phenoxy) is 1. The maximum Gasteiger partial charge on any atom is 0.328 e. The summed E-state index contributed by atoms with van der Waals surface area (Å²) in [4.78, 5) is 24.5. The maximum absolute atomic E-state index is 11.9. The van der Waals surface area contributed by atoms with Crippen molar-refractivity contribution in [2.24, 2.45) is 0 Å². The van der Waals surface area contributed by atoms with Gasteiger partial charge in [-0.2, -0.15) is 0 Å². The molecule has 6 heteroatoms. The zero-order valence-electron chi connectivity index (χ0n) is 10.5. The molecule has 2 amide bonds. The van der Waals surface area contributed by atoms with Crippen molar-refractivity contribution in [1.82, 2.24) is 10.2 Å². The van der Waals surface area contributed by atoms with Gasteiger partial charge in [0.05, 0.1) is 6.61 Å². The number of carbonyl (C=O) groups excluding carboxylic acids is 1. The number of rotatable bonds is 4. The standard InChI is InChI=1S/C11H20N2O4/c1-11(2)5-4-6-13(11)10(16)12-8(7-17-3)9(14)15/h8H,4-7H2,1-3H3,(H,12,16)(H,14,15). The third kappa shape index (κ3) is 3.33. The second-order valence-electron chi connectivity index (χ2n) is 4.86. The molecule has 1 heterocycles. The van der Waals surface area contributed by atoms with Gasteiger partial charge in [0.25, 0.3) is 0 Å². The predicted molar refractivity (Wildman–Crippen MR) is 61.9 cm³/mol. The molecule has 1 aliphatic rings. The Morgan fingerprint density at radius 1 is 1.53 bits per heavy atom. The number of nitrogens with zero attached hydrogens (tertiary/aromatic N) is 1. The van der Waals surface area contributed by atoms with E-state index in [0.29, 0.717) is 6.54 Å². The summed E-state index contributed by atoms with van der Waals surface area (Å²) in [6.07, 6.45) is 1.88. The summed E-state index contributed by atoms with van der Waals surface area (Å²) in [6.45, 7) is 4.59. The first-order chi connectivity index (χ1) is 7.88. The van der Waals surface area contributed by atoms with Crippen molar-refractivity contribution in [3.63, 3.8) is 0 Å². The van der Waals surface area contributed by atoms with Crippen LogP contribution in [0.3, 0.4) is 0 Å². The van der Waals surface area contributed by atoms with E-state index in [1.54, 1.807) is 4.90 Å². The topological polar surface area (TPSA) is 78.9 Å². The van der Waals surface area contributed by atoms with Crippen LogP contribution in [0.25, 0.3) is 0 Å². The SMILES string of the molecule is COCC(NC(=O)N1CCCC1(C)C)C(=O)O. The third-order valence-corrected chi connectivity index (χ3v) is 3.08. The summed E-state index contributed by atoms with van der Waals surface area (Å²) < 4.78 is 4.77. The second kappa shape index (κ2) is 5.35. The molecule has 98 valence electrons. The molecule has 0 saturated carbocycles. The van der Waals surface area contributed by atoms with Crippen LogP contribution in [0.4, 0.5) is 4.79 Å². The van der Waals surface area contributed by atoms with Gasteiger partial charge in [-0.3, -0.25) is 0 Å². The van der Waals surface area contributed by atoms with Crippen molar-refractivity contribution in [1.29, 1.82) is 0 Å². The van der Waals surface area contributed by atoms with Crippen molar-refractivity contribution < 1.29 is 19.4 Å². The first kappa shape index (κ1) is 13.8. The molecule has 0 aromatic heterocycles. The molecule has 1 atom stereocenters. The van der Waals surface area contributed by atoms with Gasteiger partial charge in [-0.25, -0.2) is 9.59 Å². The van der Waals surface area contributed by atoms with Crippen molar-refractivity contribution in [3.05, 3.63) is 0 Å². The summed E-state index contributed by atoms with van der Waals surface area (Å²) in [5.74, 6) is -1.09. The maximum atomic E-state index is 11.9. The van der Waals surface area contributed by atoms with Crippen molar-refractivity contribution >= 4 is 12.0 Å². The zero-order valence-corrected chi connectivity index (χ0v) is 10.5. The highest BCUT2D eigenvalue weighted by Gasteiger charge is 2.36. The summed E-state index contributed by atoms with van der Waals surface area (Å²) >= 11 is 0. The Kier molecular flexibility index (Phi) is 4.34. The van der Waals surface area contributed by atoms with Gasteiger partial charge in [0, 0.05) is 19.2 Å².